The molecule has 1 fully saturated rings. The van der Waals surface area contributed by atoms with E-state index in [9.17, 15) is 18.0 Å². The van der Waals surface area contributed by atoms with Crippen LogP contribution in [0.1, 0.15) is 12.5 Å². The fraction of sp³-hybridized carbons (Fsp3) is 0.333. The van der Waals surface area contributed by atoms with Gasteiger partial charge in [0.25, 0.3) is 5.91 Å². The Hall–Kier alpha value is -2.46. The van der Waals surface area contributed by atoms with Gasteiger partial charge in [-0.05, 0) is 42.8 Å². The number of rotatable bonds is 7. The number of carbonyl (C=O) groups is 2. The van der Waals surface area contributed by atoms with E-state index < -0.39 is 28.0 Å². The third-order valence-electron chi connectivity index (χ3n) is 4.70. The molecule has 0 saturated carbocycles. The summed E-state index contributed by atoms with van der Waals surface area (Å²) < 4.78 is 37.0. The number of anilines is 1. The molecule has 8 nitrogen and oxygen atoms in total. The van der Waals surface area contributed by atoms with Crippen LogP contribution in [0.2, 0.25) is 5.02 Å². The van der Waals surface area contributed by atoms with Crippen LogP contribution in [0, 0.1) is 0 Å². The molecule has 1 amide bonds. The third kappa shape index (κ3) is 6.04. The molecule has 31 heavy (non-hydrogen) atoms. The van der Waals surface area contributed by atoms with Crippen LogP contribution in [-0.2, 0) is 35.5 Å². The van der Waals surface area contributed by atoms with Crippen molar-refractivity contribution in [1.29, 1.82) is 0 Å². The van der Waals surface area contributed by atoms with Crippen molar-refractivity contribution < 1.29 is 27.5 Å². The van der Waals surface area contributed by atoms with Crippen molar-refractivity contribution in [2.24, 2.45) is 0 Å². The number of nitrogens with zero attached hydrogens (tertiary/aromatic N) is 1. The third-order valence-corrected chi connectivity index (χ3v) is 6.98. The molecule has 1 saturated heterocycles. The van der Waals surface area contributed by atoms with E-state index in [1.807, 2.05) is 0 Å². The molecule has 2 aromatic rings. The molecule has 1 atom stereocenters. The summed E-state index contributed by atoms with van der Waals surface area (Å²) in [4.78, 5) is 24.6. The zero-order valence-corrected chi connectivity index (χ0v) is 18.5. The number of esters is 1. The number of benzene rings is 2. The molecular formula is C21H23ClN2O6S. The number of carbonyl (C=O) groups excluding carboxylic acids is 2. The van der Waals surface area contributed by atoms with E-state index >= 15 is 0 Å². The van der Waals surface area contributed by atoms with E-state index in [-0.39, 0.29) is 11.3 Å². The molecule has 0 aliphatic carbocycles. The van der Waals surface area contributed by atoms with Crippen LogP contribution in [0.4, 0.5) is 5.69 Å². The first-order chi connectivity index (χ1) is 14.8. The highest BCUT2D eigenvalue weighted by atomic mass is 35.5. The molecule has 0 bridgehead atoms. The Morgan fingerprint density at radius 2 is 1.77 bits per heavy atom. The van der Waals surface area contributed by atoms with Gasteiger partial charge in [-0.3, -0.25) is 9.59 Å². The topological polar surface area (TPSA) is 102 Å². The highest BCUT2D eigenvalue weighted by Gasteiger charge is 2.26. The Morgan fingerprint density at radius 1 is 1.13 bits per heavy atom. The van der Waals surface area contributed by atoms with Gasteiger partial charge < -0.3 is 14.8 Å². The minimum Gasteiger partial charge on any atom is -0.452 e. The molecule has 1 N–H and O–H groups in total. The first kappa shape index (κ1) is 23.2. The monoisotopic (exact) mass is 466 g/mol. The van der Waals surface area contributed by atoms with Crippen molar-refractivity contribution in [2.75, 3.05) is 31.6 Å². The van der Waals surface area contributed by atoms with Gasteiger partial charge >= 0.3 is 5.97 Å². The van der Waals surface area contributed by atoms with Crippen LogP contribution in [0.25, 0.3) is 0 Å². The molecule has 2 aromatic carbocycles. The lowest BCUT2D eigenvalue weighted by Crippen LogP contribution is -2.40. The second kappa shape index (κ2) is 10.2. The molecule has 0 aromatic heterocycles. The first-order valence-electron chi connectivity index (χ1n) is 9.69. The zero-order valence-electron chi connectivity index (χ0n) is 16.9. The lowest BCUT2D eigenvalue weighted by atomic mass is 10.1. The Morgan fingerprint density at radius 3 is 2.42 bits per heavy atom. The summed E-state index contributed by atoms with van der Waals surface area (Å²) >= 11 is 6.03. The molecule has 166 valence electrons. The van der Waals surface area contributed by atoms with E-state index in [1.54, 1.807) is 24.3 Å². The molecule has 1 aliphatic rings. The van der Waals surface area contributed by atoms with Crippen molar-refractivity contribution in [3.05, 3.63) is 59.1 Å². The Kier molecular flexibility index (Phi) is 7.66. The summed E-state index contributed by atoms with van der Waals surface area (Å²) in [6.45, 7) is 2.79. The van der Waals surface area contributed by atoms with E-state index in [1.165, 1.54) is 35.5 Å². The van der Waals surface area contributed by atoms with Crippen LogP contribution in [0.5, 0.6) is 0 Å². The predicted molar refractivity (Wildman–Crippen MR) is 115 cm³/mol. The summed E-state index contributed by atoms with van der Waals surface area (Å²) in [6.07, 6.45) is -1.09. The van der Waals surface area contributed by atoms with Gasteiger partial charge in [0.2, 0.25) is 10.0 Å². The second-order valence-electron chi connectivity index (χ2n) is 6.93. The van der Waals surface area contributed by atoms with Crippen molar-refractivity contribution in [1.82, 2.24) is 4.31 Å². The number of halogens is 1. The largest absolute Gasteiger partial charge is 0.452 e. The quantitative estimate of drug-likeness (QED) is 0.629. The Balaban J connectivity index is 1.56. The number of sulfonamides is 1. The molecule has 10 heteroatoms. The predicted octanol–water partition coefficient (Wildman–Crippen LogP) is 2.47. The molecule has 1 unspecified atom stereocenters. The number of ether oxygens (including phenoxy) is 2. The second-order valence-corrected chi connectivity index (χ2v) is 9.28. The van der Waals surface area contributed by atoms with E-state index in [0.717, 1.165) is 0 Å². The number of hydrogen-bond donors (Lipinski definition) is 1. The highest BCUT2D eigenvalue weighted by molar-refractivity contribution is 7.89. The lowest BCUT2D eigenvalue weighted by Gasteiger charge is -2.26. The number of amides is 1. The van der Waals surface area contributed by atoms with Crippen LogP contribution >= 0.6 is 11.6 Å². The lowest BCUT2D eigenvalue weighted by molar-refractivity contribution is -0.152. The van der Waals surface area contributed by atoms with E-state index in [2.05, 4.69) is 5.32 Å². The molecule has 1 aliphatic heterocycles. The summed E-state index contributed by atoms with van der Waals surface area (Å²) in [6, 6.07) is 12.7. The van der Waals surface area contributed by atoms with Gasteiger partial charge in [-0.15, -0.1) is 0 Å². The maximum atomic E-state index is 12.6. The van der Waals surface area contributed by atoms with Crippen LogP contribution in [0.15, 0.2) is 53.4 Å². The van der Waals surface area contributed by atoms with Crippen LogP contribution in [0.3, 0.4) is 0 Å². The first-order valence-corrected chi connectivity index (χ1v) is 11.5. The van der Waals surface area contributed by atoms with Gasteiger partial charge in [0.05, 0.1) is 24.5 Å². The molecule has 3 rings (SSSR count). The minimum atomic E-state index is -3.61. The van der Waals surface area contributed by atoms with Crippen LogP contribution in [-0.4, -0.2) is 57.0 Å². The van der Waals surface area contributed by atoms with Crippen molar-refractivity contribution in [3.8, 4) is 0 Å². The summed E-state index contributed by atoms with van der Waals surface area (Å²) in [7, 11) is -3.61. The average molecular weight is 467 g/mol. The van der Waals surface area contributed by atoms with Gasteiger partial charge in [0, 0.05) is 23.8 Å². The molecule has 0 radical (unpaired) electrons. The summed E-state index contributed by atoms with van der Waals surface area (Å²) in [5.74, 6) is -1.11. The zero-order chi connectivity index (χ0) is 22.4. The fourth-order valence-corrected chi connectivity index (χ4v) is 4.59. The van der Waals surface area contributed by atoms with Crippen molar-refractivity contribution in [3.63, 3.8) is 0 Å². The summed E-state index contributed by atoms with van der Waals surface area (Å²) in [5, 5.41) is 3.06. The van der Waals surface area contributed by atoms with Gasteiger partial charge in [0.15, 0.2) is 6.10 Å². The smallest absolute Gasteiger partial charge is 0.311 e. The number of nitrogens with one attached hydrogen (secondary N) is 1. The fourth-order valence-electron chi connectivity index (χ4n) is 2.98. The van der Waals surface area contributed by atoms with E-state index in [4.69, 9.17) is 21.1 Å². The van der Waals surface area contributed by atoms with Gasteiger partial charge in [-0.2, -0.15) is 4.31 Å². The van der Waals surface area contributed by atoms with Crippen molar-refractivity contribution in [2.45, 2.75) is 24.3 Å². The standard InChI is InChI=1S/C21H23ClN2O6S/c1-15(30-20(25)14-16-4-2-3-5-19(16)22)21(26)23-17-6-8-18(9-7-17)31(27,28)24-10-12-29-13-11-24/h2-9,15H,10-14H2,1H3,(H,23,26). The van der Waals surface area contributed by atoms with Gasteiger partial charge in [-0.1, -0.05) is 29.8 Å². The minimum absolute atomic E-state index is 0.0502. The van der Waals surface area contributed by atoms with E-state index in [0.29, 0.717) is 42.6 Å². The maximum Gasteiger partial charge on any atom is 0.311 e. The Labute approximate surface area is 186 Å². The normalized spacial score (nSPS) is 15.8. The maximum absolute atomic E-state index is 12.6. The Bertz CT molecular complexity index is 1040. The SMILES string of the molecule is CC(OC(=O)Cc1ccccc1Cl)C(=O)Nc1ccc(S(=O)(=O)N2CCOCC2)cc1. The van der Waals surface area contributed by atoms with Crippen molar-refractivity contribution >= 4 is 39.2 Å². The average Bonchev–Trinajstić information content (AvgIpc) is 2.76. The number of morpholine rings is 1. The highest BCUT2D eigenvalue weighted by Crippen LogP contribution is 2.20. The molecular weight excluding hydrogens is 444 g/mol. The van der Waals surface area contributed by atoms with Gasteiger partial charge in [0.1, 0.15) is 0 Å². The molecule has 1 heterocycles. The number of hydrogen-bond acceptors (Lipinski definition) is 6. The van der Waals surface area contributed by atoms with Crippen LogP contribution < -0.4 is 5.32 Å². The molecule has 0 spiro atoms. The summed E-state index contributed by atoms with van der Waals surface area (Å²) in [5.41, 5.74) is 0.999. The van der Waals surface area contributed by atoms with Gasteiger partial charge in [-0.25, -0.2) is 8.42 Å².